The molecule has 0 saturated heterocycles. The van der Waals surface area contributed by atoms with Crippen molar-refractivity contribution in [2.75, 3.05) is 19.0 Å². The van der Waals surface area contributed by atoms with Crippen LogP contribution in [0.25, 0.3) is 16.7 Å². The maximum Gasteiger partial charge on any atom is 0.257 e. The number of nitrogens with one attached hydrogen (secondary N) is 1. The number of aromatic nitrogens is 2. The Bertz CT molecular complexity index is 1340. The van der Waals surface area contributed by atoms with Crippen LogP contribution >= 0.6 is 0 Å². The van der Waals surface area contributed by atoms with Gasteiger partial charge < -0.3 is 10.2 Å². The molecule has 0 radical (unpaired) electrons. The first-order valence-corrected chi connectivity index (χ1v) is 11.1. The van der Waals surface area contributed by atoms with Crippen LogP contribution in [0, 0.1) is 17.0 Å². The predicted molar refractivity (Wildman–Crippen MR) is 123 cm³/mol. The third kappa shape index (κ3) is 3.57. The zero-order valence-corrected chi connectivity index (χ0v) is 18.9. The van der Waals surface area contributed by atoms with Crippen molar-refractivity contribution in [1.82, 2.24) is 14.9 Å². The average molecular weight is 453 g/mol. The number of pyridine rings is 2. The molecule has 0 aliphatic heterocycles. The normalized spacial score (nSPS) is 23.8. The number of amides is 1. The third-order valence-electron chi connectivity index (χ3n) is 7.27. The number of anilines is 1. The Kier molecular flexibility index (Phi) is 4.81. The van der Waals surface area contributed by atoms with Crippen LogP contribution in [-0.4, -0.2) is 35.1 Å². The SMILES string of the molecule is CN(C)c1ccc2c(=O)c(C(=O)NC34CCC(C)(CC3)C4)cn(-c3ccc(F)cc3F)c2n1. The van der Waals surface area contributed by atoms with Gasteiger partial charge in [0.2, 0.25) is 5.43 Å². The molecule has 0 atom stereocenters. The van der Waals surface area contributed by atoms with E-state index in [1.165, 1.54) is 16.8 Å². The van der Waals surface area contributed by atoms with E-state index in [-0.39, 0.29) is 33.2 Å². The van der Waals surface area contributed by atoms with Gasteiger partial charge in [0, 0.05) is 31.9 Å². The smallest absolute Gasteiger partial charge is 0.257 e. The largest absolute Gasteiger partial charge is 0.363 e. The lowest BCUT2D eigenvalue weighted by molar-refractivity contribution is 0.0899. The van der Waals surface area contributed by atoms with Gasteiger partial charge in [-0.25, -0.2) is 13.8 Å². The van der Waals surface area contributed by atoms with Gasteiger partial charge in [-0.1, -0.05) is 6.92 Å². The van der Waals surface area contributed by atoms with Crippen LogP contribution in [0.4, 0.5) is 14.6 Å². The molecule has 8 heteroatoms. The predicted octanol–water partition coefficient (Wildman–Crippen LogP) is 4.18. The van der Waals surface area contributed by atoms with Crippen LogP contribution in [0.15, 0.2) is 41.3 Å². The van der Waals surface area contributed by atoms with Crippen LogP contribution < -0.4 is 15.6 Å². The van der Waals surface area contributed by atoms with E-state index in [2.05, 4.69) is 17.2 Å². The second kappa shape index (κ2) is 7.37. The van der Waals surface area contributed by atoms with E-state index in [0.717, 1.165) is 44.2 Å². The van der Waals surface area contributed by atoms with E-state index in [1.54, 1.807) is 31.1 Å². The highest BCUT2D eigenvalue weighted by Crippen LogP contribution is 2.56. The average Bonchev–Trinajstić information content (AvgIpc) is 3.27. The second-order valence-corrected chi connectivity index (χ2v) is 9.99. The minimum Gasteiger partial charge on any atom is -0.363 e. The standard InChI is InChI=1S/C25H26F2N4O2/c1-24-8-10-25(14-24,11-9-24)29-23(33)17-13-31(19-6-4-15(26)12-18(19)27)22-16(21(17)32)5-7-20(28-22)30(2)3/h4-7,12-13H,8-11,14H2,1-3H3,(H,29,33). The summed E-state index contributed by atoms with van der Waals surface area (Å²) in [5, 5.41) is 3.32. The fourth-order valence-corrected chi connectivity index (χ4v) is 5.44. The van der Waals surface area contributed by atoms with Crippen LogP contribution in [0.5, 0.6) is 0 Å². The van der Waals surface area contributed by atoms with Crippen molar-refractivity contribution < 1.29 is 13.6 Å². The van der Waals surface area contributed by atoms with Gasteiger partial charge in [-0.05, 0) is 61.8 Å². The highest BCUT2D eigenvalue weighted by atomic mass is 19.1. The molecule has 0 spiro atoms. The number of halogens is 2. The Hall–Kier alpha value is -3.29. The molecular weight excluding hydrogens is 426 g/mol. The van der Waals surface area contributed by atoms with E-state index in [1.807, 2.05) is 0 Å². The molecular formula is C25H26F2N4O2. The number of benzene rings is 1. The first-order valence-electron chi connectivity index (χ1n) is 11.1. The van der Waals surface area contributed by atoms with Gasteiger partial charge >= 0.3 is 0 Å². The van der Waals surface area contributed by atoms with Crippen molar-refractivity contribution in [2.45, 2.75) is 44.6 Å². The van der Waals surface area contributed by atoms with Crippen LogP contribution in [0.2, 0.25) is 0 Å². The molecule has 1 N–H and O–H groups in total. The zero-order valence-electron chi connectivity index (χ0n) is 18.9. The quantitative estimate of drug-likeness (QED) is 0.645. The molecule has 1 amide bonds. The molecule has 33 heavy (non-hydrogen) atoms. The number of nitrogens with zero attached hydrogens (tertiary/aromatic N) is 3. The van der Waals surface area contributed by atoms with Crippen LogP contribution in [-0.2, 0) is 0 Å². The van der Waals surface area contributed by atoms with Crippen molar-refractivity contribution in [2.24, 2.45) is 5.41 Å². The van der Waals surface area contributed by atoms with Crippen LogP contribution in [0.3, 0.4) is 0 Å². The summed E-state index contributed by atoms with van der Waals surface area (Å²) >= 11 is 0. The lowest BCUT2D eigenvalue weighted by atomic mass is 9.86. The van der Waals surface area contributed by atoms with Gasteiger partial charge in [0.05, 0.1) is 11.1 Å². The second-order valence-electron chi connectivity index (χ2n) is 9.99. The monoisotopic (exact) mass is 452 g/mol. The zero-order chi connectivity index (χ0) is 23.5. The van der Waals surface area contributed by atoms with Crippen molar-refractivity contribution in [3.63, 3.8) is 0 Å². The summed E-state index contributed by atoms with van der Waals surface area (Å²) in [6, 6.07) is 6.45. The Morgan fingerprint density at radius 2 is 1.85 bits per heavy atom. The van der Waals surface area contributed by atoms with Crippen molar-refractivity contribution in [1.29, 1.82) is 0 Å². The molecule has 2 heterocycles. The Morgan fingerprint density at radius 1 is 1.12 bits per heavy atom. The van der Waals surface area contributed by atoms with Crippen molar-refractivity contribution in [3.8, 4) is 5.69 Å². The van der Waals surface area contributed by atoms with Gasteiger partial charge in [-0.2, -0.15) is 0 Å². The summed E-state index contributed by atoms with van der Waals surface area (Å²) in [7, 11) is 3.60. The number of hydrogen-bond donors (Lipinski definition) is 1. The Morgan fingerprint density at radius 3 is 2.45 bits per heavy atom. The summed E-state index contributed by atoms with van der Waals surface area (Å²) < 4.78 is 29.7. The summed E-state index contributed by atoms with van der Waals surface area (Å²) in [5.74, 6) is -1.44. The number of rotatable bonds is 4. The molecule has 5 rings (SSSR count). The lowest BCUT2D eigenvalue weighted by Crippen LogP contribution is -2.46. The highest BCUT2D eigenvalue weighted by Gasteiger charge is 2.52. The lowest BCUT2D eigenvalue weighted by Gasteiger charge is -2.28. The van der Waals surface area contributed by atoms with Crippen molar-refractivity contribution in [3.05, 3.63) is 63.9 Å². The molecule has 2 aromatic heterocycles. The van der Waals surface area contributed by atoms with Crippen molar-refractivity contribution >= 4 is 22.8 Å². The first-order chi connectivity index (χ1) is 15.6. The number of carbonyl (C=O) groups is 1. The van der Waals surface area contributed by atoms with Gasteiger partial charge in [-0.3, -0.25) is 14.2 Å². The summed E-state index contributed by atoms with van der Waals surface area (Å²) in [5.41, 5.74) is -0.408. The van der Waals surface area contributed by atoms with Gasteiger partial charge in [-0.15, -0.1) is 0 Å². The molecule has 0 unspecified atom stereocenters. The molecule has 2 bridgehead atoms. The third-order valence-corrected chi connectivity index (χ3v) is 7.27. The maximum atomic E-state index is 14.8. The van der Waals surface area contributed by atoms with E-state index in [9.17, 15) is 18.4 Å². The molecule has 1 aromatic carbocycles. The van der Waals surface area contributed by atoms with Crippen LogP contribution in [0.1, 0.15) is 49.4 Å². The fourth-order valence-electron chi connectivity index (χ4n) is 5.44. The van der Waals surface area contributed by atoms with Gasteiger partial charge in [0.1, 0.15) is 23.0 Å². The molecule has 3 aromatic rings. The first kappa shape index (κ1) is 21.6. The highest BCUT2D eigenvalue weighted by molar-refractivity contribution is 5.97. The minimum atomic E-state index is -0.815. The van der Waals surface area contributed by atoms with E-state index in [4.69, 9.17) is 0 Å². The van der Waals surface area contributed by atoms with E-state index < -0.39 is 23.0 Å². The molecule has 2 saturated carbocycles. The van der Waals surface area contributed by atoms with E-state index in [0.29, 0.717) is 5.82 Å². The molecule has 172 valence electrons. The van der Waals surface area contributed by atoms with Gasteiger partial charge in [0.15, 0.2) is 5.65 Å². The molecule has 2 aliphatic rings. The molecule has 2 aliphatic carbocycles. The summed E-state index contributed by atoms with van der Waals surface area (Å²) in [6.45, 7) is 2.24. The number of hydrogen-bond acceptors (Lipinski definition) is 4. The Balaban J connectivity index is 1.67. The minimum absolute atomic E-state index is 0.00586. The van der Waals surface area contributed by atoms with Gasteiger partial charge in [0.25, 0.3) is 5.91 Å². The number of fused-ring (bicyclic) bond motifs is 3. The summed E-state index contributed by atoms with van der Waals surface area (Å²) in [4.78, 5) is 33.0. The van der Waals surface area contributed by atoms with E-state index >= 15 is 0 Å². The number of carbonyl (C=O) groups excluding carboxylic acids is 1. The maximum absolute atomic E-state index is 14.8. The fraction of sp³-hybridized carbons (Fsp3) is 0.400. The molecule has 6 nitrogen and oxygen atoms in total. The Labute approximate surface area is 190 Å². The summed E-state index contributed by atoms with van der Waals surface area (Å²) in [6.07, 6.45) is 6.09. The topological polar surface area (TPSA) is 67.2 Å². The molecule has 2 fully saturated rings.